The van der Waals surface area contributed by atoms with Crippen LogP contribution >= 0.6 is 0 Å². The van der Waals surface area contributed by atoms with Crippen LogP contribution in [0.25, 0.3) is 0 Å². The third kappa shape index (κ3) is 3.36. The minimum Gasteiger partial charge on any atom is -0.362 e. The van der Waals surface area contributed by atoms with Crippen molar-refractivity contribution in [2.24, 2.45) is 5.92 Å². The van der Waals surface area contributed by atoms with Crippen LogP contribution in [0.1, 0.15) is 64.6 Å². The van der Waals surface area contributed by atoms with E-state index >= 15 is 0 Å². The molecule has 0 aliphatic heterocycles. The molecule has 1 heterocycles. The standard InChI is InChI=1S/C15H26N4O2/c1-10(2)18-15(14(19(20)21)12(4)17-18)16-13-9-7-5-6-8-11(13)3/h10-11,13,16H,5-9H2,1-4H3. The molecule has 0 bridgehead atoms. The summed E-state index contributed by atoms with van der Waals surface area (Å²) in [4.78, 5) is 11.1. The van der Waals surface area contributed by atoms with Crippen molar-refractivity contribution in [1.29, 1.82) is 0 Å². The molecule has 118 valence electrons. The SMILES string of the molecule is Cc1nn(C(C)C)c(NC2CCCCCC2C)c1[N+](=O)[O-]. The summed E-state index contributed by atoms with van der Waals surface area (Å²) in [7, 11) is 0. The van der Waals surface area contributed by atoms with Crippen LogP contribution in [0.2, 0.25) is 0 Å². The number of aromatic nitrogens is 2. The smallest absolute Gasteiger partial charge is 0.333 e. The van der Waals surface area contributed by atoms with Gasteiger partial charge in [0, 0.05) is 12.1 Å². The zero-order valence-electron chi connectivity index (χ0n) is 13.4. The largest absolute Gasteiger partial charge is 0.362 e. The number of anilines is 1. The molecule has 1 N–H and O–H groups in total. The fourth-order valence-corrected chi connectivity index (χ4v) is 3.15. The van der Waals surface area contributed by atoms with Gasteiger partial charge in [-0.3, -0.25) is 10.1 Å². The topological polar surface area (TPSA) is 73.0 Å². The Morgan fingerprint density at radius 1 is 1.33 bits per heavy atom. The molecule has 2 unspecified atom stereocenters. The third-order valence-corrected chi connectivity index (χ3v) is 4.41. The van der Waals surface area contributed by atoms with Crippen LogP contribution in [0.15, 0.2) is 0 Å². The van der Waals surface area contributed by atoms with Crippen molar-refractivity contribution in [1.82, 2.24) is 9.78 Å². The van der Waals surface area contributed by atoms with Crippen LogP contribution in [0.5, 0.6) is 0 Å². The van der Waals surface area contributed by atoms with Crippen LogP contribution in [-0.2, 0) is 0 Å². The molecule has 2 rings (SSSR count). The molecule has 6 nitrogen and oxygen atoms in total. The highest BCUT2D eigenvalue weighted by Crippen LogP contribution is 2.34. The molecule has 2 atom stereocenters. The molecule has 21 heavy (non-hydrogen) atoms. The molecular weight excluding hydrogens is 268 g/mol. The maximum absolute atomic E-state index is 11.4. The Kier molecular flexibility index (Phi) is 4.85. The highest BCUT2D eigenvalue weighted by atomic mass is 16.6. The Morgan fingerprint density at radius 2 is 2.00 bits per heavy atom. The monoisotopic (exact) mass is 294 g/mol. The van der Waals surface area contributed by atoms with Crippen molar-refractivity contribution in [3.8, 4) is 0 Å². The summed E-state index contributed by atoms with van der Waals surface area (Å²) < 4.78 is 1.76. The molecule has 1 aliphatic rings. The molecule has 0 amide bonds. The lowest BCUT2D eigenvalue weighted by molar-refractivity contribution is -0.384. The molecule has 6 heteroatoms. The van der Waals surface area contributed by atoms with Gasteiger partial charge in [-0.1, -0.05) is 26.2 Å². The van der Waals surface area contributed by atoms with Gasteiger partial charge in [0.2, 0.25) is 5.82 Å². The summed E-state index contributed by atoms with van der Waals surface area (Å²) in [5.41, 5.74) is 0.609. The van der Waals surface area contributed by atoms with E-state index in [9.17, 15) is 10.1 Å². The van der Waals surface area contributed by atoms with Gasteiger partial charge in [0.15, 0.2) is 0 Å². The Morgan fingerprint density at radius 3 is 2.62 bits per heavy atom. The zero-order chi connectivity index (χ0) is 15.6. The number of hydrogen-bond donors (Lipinski definition) is 1. The van der Waals surface area contributed by atoms with Crippen molar-refractivity contribution in [3.05, 3.63) is 15.8 Å². The van der Waals surface area contributed by atoms with Crippen LogP contribution in [0.3, 0.4) is 0 Å². The minimum absolute atomic E-state index is 0.0981. The van der Waals surface area contributed by atoms with E-state index in [1.807, 2.05) is 13.8 Å². The maximum Gasteiger partial charge on any atom is 0.333 e. The number of aryl methyl sites for hydroxylation is 1. The van der Waals surface area contributed by atoms with Gasteiger partial charge in [0.1, 0.15) is 5.69 Å². The van der Waals surface area contributed by atoms with Gasteiger partial charge in [-0.25, -0.2) is 4.68 Å². The lowest BCUT2D eigenvalue weighted by atomic mass is 9.97. The molecular formula is C15H26N4O2. The number of nitrogens with one attached hydrogen (secondary N) is 1. The Balaban J connectivity index is 2.34. The summed E-state index contributed by atoms with van der Waals surface area (Å²) in [5, 5.41) is 19.2. The van der Waals surface area contributed by atoms with Crippen LogP contribution in [0, 0.1) is 23.0 Å². The lowest BCUT2D eigenvalue weighted by Gasteiger charge is -2.24. The fraction of sp³-hybridized carbons (Fsp3) is 0.800. The Labute approximate surface area is 126 Å². The summed E-state index contributed by atoms with van der Waals surface area (Å²) in [5.74, 6) is 1.11. The molecule has 1 aromatic heterocycles. The van der Waals surface area contributed by atoms with Gasteiger partial charge in [0.05, 0.1) is 4.92 Å². The Bertz CT molecular complexity index is 510. The van der Waals surface area contributed by atoms with E-state index in [1.165, 1.54) is 25.7 Å². The molecule has 0 spiro atoms. The molecule has 0 radical (unpaired) electrons. The maximum atomic E-state index is 11.4. The second kappa shape index (κ2) is 6.45. The summed E-state index contributed by atoms with van der Waals surface area (Å²) in [6.07, 6.45) is 5.95. The normalized spacial score (nSPS) is 23.1. The van der Waals surface area contributed by atoms with E-state index in [4.69, 9.17) is 0 Å². The summed E-state index contributed by atoms with van der Waals surface area (Å²) >= 11 is 0. The quantitative estimate of drug-likeness (QED) is 0.516. The number of rotatable bonds is 4. The number of nitrogens with zero attached hydrogens (tertiary/aromatic N) is 3. The zero-order valence-corrected chi connectivity index (χ0v) is 13.4. The second-order valence-corrected chi connectivity index (χ2v) is 6.44. The third-order valence-electron chi connectivity index (χ3n) is 4.41. The van der Waals surface area contributed by atoms with E-state index < -0.39 is 0 Å². The van der Waals surface area contributed by atoms with Crippen molar-refractivity contribution >= 4 is 11.5 Å². The molecule has 1 fully saturated rings. The van der Waals surface area contributed by atoms with E-state index in [1.54, 1.807) is 11.6 Å². The van der Waals surface area contributed by atoms with E-state index in [-0.39, 0.29) is 16.7 Å². The first-order chi connectivity index (χ1) is 9.91. The average Bonchev–Trinajstić information content (AvgIpc) is 2.59. The first-order valence-corrected chi connectivity index (χ1v) is 7.91. The summed E-state index contributed by atoms with van der Waals surface area (Å²) in [6, 6.07) is 0.390. The average molecular weight is 294 g/mol. The highest BCUT2D eigenvalue weighted by Gasteiger charge is 2.30. The van der Waals surface area contributed by atoms with Crippen molar-refractivity contribution < 1.29 is 4.92 Å². The Hall–Kier alpha value is -1.59. The van der Waals surface area contributed by atoms with Crippen molar-refractivity contribution in [2.45, 2.75) is 71.9 Å². The van der Waals surface area contributed by atoms with E-state index in [0.717, 1.165) is 6.42 Å². The first-order valence-electron chi connectivity index (χ1n) is 7.91. The molecule has 1 saturated carbocycles. The number of hydrogen-bond acceptors (Lipinski definition) is 4. The molecule has 0 saturated heterocycles. The van der Waals surface area contributed by atoms with E-state index in [2.05, 4.69) is 17.3 Å². The van der Waals surface area contributed by atoms with Crippen LogP contribution in [-0.4, -0.2) is 20.7 Å². The summed E-state index contributed by atoms with van der Waals surface area (Å²) in [6.45, 7) is 7.94. The van der Waals surface area contributed by atoms with Gasteiger partial charge >= 0.3 is 5.69 Å². The van der Waals surface area contributed by atoms with Gasteiger partial charge in [-0.05, 0) is 39.5 Å². The van der Waals surface area contributed by atoms with Gasteiger partial charge in [-0.15, -0.1) is 0 Å². The van der Waals surface area contributed by atoms with Gasteiger partial charge < -0.3 is 5.32 Å². The highest BCUT2D eigenvalue weighted by molar-refractivity contribution is 5.60. The van der Waals surface area contributed by atoms with Gasteiger partial charge in [0.25, 0.3) is 0 Å². The van der Waals surface area contributed by atoms with Crippen LogP contribution < -0.4 is 5.32 Å². The fourth-order valence-electron chi connectivity index (χ4n) is 3.15. The predicted octanol–water partition coefficient (Wildman–Crippen LogP) is 4.06. The molecule has 1 aliphatic carbocycles. The van der Waals surface area contributed by atoms with Gasteiger partial charge in [-0.2, -0.15) is 5.10 Å². The minimum atomic E-state index is -0.315. The molecule has 0 aromatic carbocycles. The predicted molar refractivity (Wildman–Crippen MR) is 83.7 cm³/mol. The van der Waals surface area contributed by atoms with Crippen LogP contribution in [0.4, 0.5) is 11.5 Å². The number of nitro groups is 1. The lowest BCUT2D eigenvalue weighted by Crippen LogP contribution is -2.28. The first kappa shape index (κ1) is 15.8. The molecule has 1 aromatic rings. The van der Waals surface area contributed by atoms with Crippen molar-refractivity contribution in [2.75, 3.05) is 5.32 Å². The van der Waals surface area contributed by atoms with E-state index in [0.29, 0.717) is 23.5 Å². The van der Waals surface area contributed by atoms with Crippen molar-refractivity contribution in [3.63, 3.8) is 0 Å². The second-order valence-electron chi connectivity index (χ2n) is 6.44.